The van der Waals surface area contributed by atoms with E-state index in [0.717, 1.165) is 16.7 Å². The Bertz CT molecular complexity index is 394. The summed E-state index contributed by atoms with van der Waals surface area (Å²) in [7, 11) is 0. The zero-order valence-electron chi connectivity index (χ0n) is 10.3. The van der Waals surface area contributed by atoms with Crippen molar-refractivity contribution < 1.29 is 4.79 Å². The van der Waals surface area contributed by atoms with Crippen LogP contribution in [-0.2, 0) is 11.3 Å². The summed E-state index contributed by atoms with van der Waals surface area (Å²) in [5, 5.41) is 4.15. The van der Waals surface area contributed by atoms with Crippen LogP contribution in [0.25, 0.3) is 0 Å². The van der Waals surface area contributed by atoms with Gasteiger partial charge in [-0.2, -0.15) is 5.10 Å². The number of piperidine rings is 1. The molecule has 17 heavy (non-hydrogen) atoms. The Morgan fingerprint density at radius 3 is 2.65 bits per heavy atom. The number of carbonyl (C=O) groups excluding carboxylic acids is 1. The molecule has 0 unspecified atom stereocenters. The molecule has 1 amide bonds. The van der Waals surface area contributed by atoms with Crippen LogP contribution in [-0.4, -0.2) is 33.7 Å². The van der Waals surface area contributed by atoms with E-state index in [4.69, 9.17) is 0 Å². The van der Waals surface area contributed by atoms with Crippen LogP contribution in [0.15, 0.2) is 12.4 Å². The van der Waals surface area contributed by atoms with Crippen molar-refractivity contribution >= 4 is 28.5 Å². The van der Waals surface area contributed by atoms with E-state index in [2.05, 4.69) is 41.5 Å². The summed E-state index contributed by atoms with van der Waals surface area (Å²) < 4.78 is 2.78. The zero-order chi connectivity index (χ0) is 12.4. The zero-order valence-corrected chi connectivity index (χ0v) is 12.4. The number of amides is 1. The Labute approximate surface area is 116 Å². The third-order valence-corrected chi connectivity index (χ3v) is 3.68. The molecule has 0 aliphatic carbocycles. The van der Waals surface area contributed by atoms with E-state index in [1.54, 1.807) is 10.9 Å². The van der Waals surface area contributed by atoms with Crippen molar-refractivity contribution in [1.82, 2.24) is 14.7 Å². The van der Waals surface area contributed by atoms with Crippen LogP contribution in [0.2, 0.25) is 0 Å². The van der Waals surface area contributed by atoms with Crippen molar-refractivity contribution in [3.05, 3.63) is 16.0 Å². The maximum atomic E-state index is 12.1. The molecule has 4 nitrogen and oxygen atoms in total. The third-order valence-electron chi connectivity index (χ3n) is 3.12. The summed E-state index contributed by atoms with van der Waals surface area (Å²) in [6.45, 7) is 6.57. The van der Waals surface area contributed by atoms with E-state index in [0.29, 0.717) is 18.4 Å². The van der Waals surface area contributed by atoms with Gasteiger partial charge < -0.3 is 4.90 Å². The molecule has 0 bridgehead atoms. The molecule has 0 N–H and O–H groups in total. The van der Waals surface area contributed by atoms with Gasteiger partial charge in [-0.15, -0.1) is 0 Å². The van der Waals surface area contributed by atoms with Crippen molar-refractivity contribution in [2.75, 3.05) is 13.1 Å². The molecule has 1 fully saturated rings. The van der Waals surface area contributed by atoms with Gasteiger partial charge in [0, 0.05) is 19.3 Å². The van der Waals surface area contributed by atoms with Crippen molar-refractivity contribution in [2.24, 2.45) is 11.8 Å². The molecule has 1 aromatic rings. The highest BCUT2D eigenvalue weighted by molar-refractivity contribution is 14.1. The number of hydrogen-bond donors (Lipinski definition) is 0. The lowest BCUT2D eigenvalue weighted by Gasteiger charge is -2.35. The van der Waals surface area contributed by atoms with Gasteiger partial charge in [-0.1, -0.05) is 13.8 Å². The summed E-state index contributed by atoms with van der Waals surface area (Å²) in [5.74, 6) is 1.41. The van der Waals surface area contributed by atoms with Crippen molar-refractivity contribution in [3.63, 3.8) is 0 Å². The van der Waals surface area contributed by atoms with Crippen LogP contribution in [0.4, 0.5) is 0 Å². The number of carbonyl (C=O) groups is 1. The first kappa shape index (κ1) is 12.9. The van der Waals surface area contributed by atoms with Crippen LogP contribution in [0.1, 0.15) is 20.3 Å². The lowest BCUT2D eigenvalue weighted by atomic mass is 9.92. The molecular weight excluding hydrogens is 329 g/mol. The highest BCUT2D eigenvalue weighted by atomic mass is 127. The smallest absolute Gasteiger partial charge is 0.244 e. The number of rotatable bonds is 2. The predicted molar refractivity (Wildman–Crippen MR) is 74.5 cm³/mol. The van der Waals surface area contributed by atoms with Crippen molar-refractivity contribution in [2.45, 2.75) is 26.8 Å². The molecule has 0 radical (unpaired) electrons. The Kier molecular flexibility index (Phi) is 4.06. The number of nitrogens with zero attached hydrogens (tertiary/aromatic N) is 3. The van der Waals surface area contributed by atoms with E-state index in [9.17, 15) is 4.79 Å². The maximum absolute atomic E-state index is 12.1. The Morgan fingerprint density at radius 1 is 1.47 bits per heavy atom. The highest BCUT2D eigenvalue weighted by Crippen LogP contribution is 2.21. The van der Waals surface area contributed by atoms with Crippen LogP contribution in [0.3, 0.4) is 0 Å². The summed E-state index contributed by atoms with van der Waals surface area (Å²) in [6, 6.07) is 0. The van der Waals surface area contributed by atoms with E-state index in [1.807, 2.05) is 11.1 Å². The summed E-state index contributed by atoms with van der Waals surface area (Å²) in [5.41, 5.74) is 0. The van der Waals surface area contributed by atoms with Gasteiger partial charge in [0.05, 0.1) is 9.77 Å². The van der Waals surface area contributed by atoms with Gasteiger partial charge in [0.25, 0.3) is 0 Å². The molecule has 2 rings (SSSR count). The molecule has 2 heterocycles. The van der Waals surface area contributed by atoms with E-state index < -0.39 is 0 Å². The van der Waals surface area contributed by atoms with Gasteiger partial charge in [-0.25, -0.2) is 0 Å². The minimum Gasteiger partial charge on any atom is -0.341 e. The second kappa shape index (κ2) is 5.37. The molecular formula is C12H18IN3O. The van der Waals surface area contributed by atoms with Gasteiger partial charge in [-0.05, 0) is 40.8 Å². The second-order valence-electron chi connectivity index (χ2n) is 5.10. The molecule has 2 atom stereocenters. The van der Waals surface area contributed by atoms with Crippen LogP contribution in [0, 0.1) is 15.4 Å². The standard InChI is InChI=1S/C12H18IN3O/c1-9-3-10(2)6-15(5-9)12(17)8-16-7-11(13)4-14-16/h4,7,9-10H,3,5-6,8H2,1-2H3/t9-,10-/m1/s1. The molecule has 0 spiro atoms. The first-order valence-corrected chi connectivity index (χ1v) is 7.08. The number of hydrogen-bond acceptors (Lipinski definition) is 2. The highest BCUT2D eigenvalue weighted by Gasteiger charge is 2.25. The summed E-state index contributed by atoms with van der Waals surface area (Å²) >= 11 is 2.20. The quantitative estimate of drug-likeness (QED) is 0.768. The maximum Gasteiger partial charge on any atom is 0.244 e. The van der Waals surface area contributed by atoms with Crippen LogP contribution >= 0.6 is 22.6 Å². The van der Waals surface area contributed by atoms with Gasteiger partial charge in [0.15, 0.2) is 0 Å². The van der Waals surface area contributed by atoms with Crippen molar-refractivity contribution in [1.29, 1.82) is 0 Å². The molecule has 1 aliphatic heterocycles. The summed E-state index contributed by atoms with van der Waals surface area (Å²) in [4.78, 5) is 14.1. The summed E-state index contributed by atoms with van der Waals surface area (Å²) in [6.07, 6.45) is 4.90. The molecule has 0 saturated carbocycles. The average Bonchev–Trinajstić information content (AvgIpc) is 2.62. The fourth-order valence-corrected chi connectivity index (χ4v) is 2.98. The normalized spacial score (nSPS) is 25.0. The van der Waals surface area contributed by atoms with Gasteiger partial charge in [-0.3, -0.25) is 9.48 Å². The predicted octanol–water partition coefficient (Wildman–Crippen LogP) is 1.99. The fraction of sp³-hybridized carbons (Fsp3) is 0.667. The Balaban J connectivity index is 1.95. The van der Waals surface area contributed by atoms with Crippen LogP contribution < -0.4 is 0 Å². The molecule has 1 aliphatic rings. The number of halogens is 1. The lowest BCUT2D eigenvalue weighted by Crippen LogP contribution is -2.44. The monoisotopic (exact) mass is 347 g/mol. The van der Waals surface area contributed by atoms with E-state index in [1.165, 1.54) is 6.42 Å². The first-order chi connectivity index (χ1) is 8.04. The average molecular weight is 347 g/mol. The van der Waals surface area contributed by atoms with Crippen LogP contribution in [0.5, 0.6) is 0 Å². The van der Waals surface area contributed by atoms with Gasteiger partial charge >= 0.3 is 0 Å². The number of likely N-dealkylation sites (tertiary alicyclic amines) is 1. The molecule has 94 valence electrons. The minimum absolute atomic E-state index is 0.183. The first-order valence-electron chi connectivity index (χ1n) is 6.00. The van der Waals surface area contributed by atoms with Gasteiger partial charge in [0.1, 0.15) is 6.54 Å². The minimum atomic E-state index is 0.183. The molecule has 0 aromatic carbocycles. The van der Waals surface area contributed by atoms with Crippen molar-refractivity contribution in [3.8, 4) is 0 Å². The molecule has 1 saturated heterocycles. The Hall–Kier alpha value is -0.590. The second-order valence-corrected chi connectivity index (χ2v) is 6.35. The topological polar surface area (TPSA) is 38.1 Å². The van der Waals surface area contributed by atoms with Gasteiger partial charge in [0.2, 0.25) is 5.91 Å². The lowest BCUT2D eigenvalue weighted by molar-refractivity contribution is -0.134. The van der Waals surface area contributed by atoms with E-state index in [-0.39, 0.29) is 5.91 Å². The fourth-order valence-electron chi connectivity index (χ4n) is 2.53. The molecule has 5 heteroatoms. The Morgan fingerprint density at radius 2 is 2.12 bits per heavy atom. The largest absolute Gasteiger partial charge is 0.341 e. The number of aromatic nitrogens is 2. The van der Waals surface area contributed by atoms with E-state index >= 15 is 0 Å². The third kappa shape index (κ3) is 3.43. The SMILES string of the molecule is C[C@@H]1C[C@@H](C)CN(C(=O)Cn2cc(I)cn2)C1. The molecule has 1 aromatic heterocycles.